The number of carboxylic acid groups (broad SMARTS) is 1. The standard InChI is InChI=1S/C18H12N2O3/c1-23-15-6-7-16-13(9-15)8-14(10-19)17(20-16)11-2-4-12(5-3-11)18(21)22/h2-9H,1H3,(H,21,22). The second-order valence-corrected chi connectivity index (χ2v) is 4.94. The average Bonchev–Trinajstić information content (AvgIpc) is 2.60. The largest absolute Gasteiger partial charge is 0.497 e. The zero-order valence-electron chi connectivity index (χ0n) is 12.3. The van der Waals surface area contributed by atoms with E-state index < -0.39 is 5.97 Å². The maximum Gasteiger partial charge on any atom is 0.335 e. The van der Waals surface area contributed by atoms with Crippen LogP contribution in [-0.4, -0.2) is 23.2 Å². The number of carboxylic acids is 1. The predicted octanol–water partition coefficient (Wildman–Crippen LogP) is 3.48. The molecule has 1 heterocycles. The van der Waals surface area contributed by atoms with Gasteiger partial charge in [0.2, 0.25) is 0 Å². The summed E-state index contributed by atoms with van der Waals surface area (Å²) >= 11 is 0. The molecule has 1 aromatic heterocycles. The lowest BCUT2D eigenvalue weighted by Crippen LogP contribution is -1.96. The fraction of sp³-hybridized carbons (Fsp3) is 0.0556. The van der Waals surface area contributed by atoms with Crippen LogP contribution in [-0.2, 0) is 0 Å². The molecule has 0 saturated carbocycles. The number of rotatable bonds is 3. The van der Waals surface area contributed by atoms with E-state index in [4.69, 9.17) is 9.84 Å². The van der Waals surface area contributed by atoms with Gasteiger partial charge < -0.3 is 9.84 Å². The molecule has 1 N–H and O–H groups in total. The van der Waals surface area contributed by atoms with Crippen LogP contribution in [0.3, 0.4) is 0 Å². The number of benzene rings is 2. The summed E-state index contributed by atoms with van der Waals surface area (Å²) in [5, 5.41) is 19.2. The van der Waals surface area contributed by atoms with Crippen LogP contribution in [0, 0.1) is 11.3 Å². The molecule has 0 atom stereocenters. The van der Waals surface area contributed by atoms with Gasteiger partial charge in [0.1, 0.15) is 11.8 Å². The molecule has 0 spiro atoms. The number of aromatic nitrogens is 1. The molecule has 0 aliphatic carbocycles. The summed E-state index contributed by atoms with van der Waals surface area (Å²) < 4.78 is 5.18. The highest BCUT2D eigenvalue weighted by atomic mass is 16.5. The number of methoxy groups -OCH3 is 1. The molecule has 0 radical (unpaired) electrons. The van der Waals surface area contributed by atoms with Crippen LogP contribution in [0.1, 0.15) is 15.9 Å². The SMILES string of the molecule is COc1ccc2nc(-c3ccc(C(=O)O)cc3)c(C#N)cc2c1. The van der Waals surface area contributed by atoms with Gasteiger partial charge in [-0.1, -0.05) is 12.1 Å². The highest BCUT2D eigenvalue weighted by molar-refractivity contribution is 5.89. The number of carbonyl (C=O) groups is 1. The molecule has 112 valence electrons. The number of ether oxygens (including phenoxy) is 1. The number of nitrogens with zero attached hydrogens (tertiary/aromatic N) is 2. The van der Waals surface area contributed by atoms with Crippen LogP contribution in [0.15, 0.2) is 48.5 Å². The summed E-state index contributed by atoms with van der Waals surface area (Å²) in [6, 6.07) is 15.7. The van der Waals surface area contributed by atoms with Crippen molar-refractivity contribution < 1.29 is 14.6 Å². The van der Waals surface area contributed by atoms with Crippen LogP contribution in [0.2, 0.25) is 0 Å². The number of fused-ring (bicyclic) bond motifs is 1. The summed E-state index contributed by atoms with van der Waals surface area (Å²) in [7, 11) is 1.58. The zero-order chi connectivity index (χ0) is 16.4. The summed E-state index contributed by atoms with van der Waals surface area (Å²) in [5.41, 5.74) is 2.58. The fourth-order valence-corrected chi connectivity index (χ4v) is 2.36. The van der Waals surface area contributed by atoms with E-state index in [2.05, 4.69) is 11.1 Å². The predicted molar refractivity (Wildman–Crippen MR) is 85.4 cm³/mol. The number of hydrogen-bond donors (Lipinski definition) is 1. The first-order valence-corrected chi connectivity index (χ1v) is 6.85. The van der Waals surface area contributed by atoms with Gasteiger partial charge in [-0.25, -0.2) is 9.78 Å². The fourth-order valence-electron chi connectivity index (χ4n) is 2.36. The Hall–Kier alpha value is -3.39. The molecule has 0 amide bonds. The minimum atomic E-state index is -0.990. The van der Waals surface area contributed by atoms with Crippen LogP contribution in [0.25, 0.3) is 22.2 Å². The van der Waals surface area contributed by atoms with Gasteiger partial charge in [0.25, 0.3) is 0 Å². The molecule has 3 aromatic rings. The Kier molecular flexibility index (Phi) is 3.65. The van der Waals surface area contributed by atoms with Gasteiger partial charge in [-0.2, -0.15) is 5.26 Å². The maximum atomic E-state index is 10.9. The van der Waals surface area contributed by atoms with Crippen molar-refractivity contribution in [2.45, 2.75) is 0 Å². The van der Waals surface area contributed by atoms with Crippen LogP contribution in [0.4, 0.5) is 0 Å². The first-order valence-electron chi connectivity index (χ1n) is 6.85. The van der Waals surface area contributed by atoms with Crippen molar-refractivity contribution >= 4 is 16.9 Å². The van der Waals surface area contributed by atoms with Gasteiger partial charge in [-0.15, -0.1) is 0 Å². The summed E-state index contributed by atoms with van der Waals surface area (Å²) in [6.07, 6.45) is 0. The van der Waals surface area contributed by atoms with E-state index in [1.165, 1.54) is 12.1 Å². The van der Waals surface area contributed by atoms with Crippen molar-refractivity contribution in [2.75, 3.05) is 7.11 Å². The van der Waals surface area contributed by atoms with Crippen molar-refractivity contribution in [3.05, 3.63) is 59.7 Å². The molecule has 3 rings (SSSR count). The van der Waals surface area contributed by atoms with Gasteiger partial charge in [0, 0.05) is 10.9 Å². The van der Waals surface area contributed by atoms with Crippen molar-refractivity contribution in [1.29, 1.82) is 5.26 Å². The Bertz CT molecular complexity index is 941. The quantitative estimate of drug-likeness (QED) is 0.801. The number of hydrogen-bond acceptors (Lipinski definition) is 4. The van der Waals surface area contributed by atoms with Crippen LogP contribution < -0.4 is 4.74 Å². The Balaban J connectivity index is 2.16. The molecule has 0 aliphatic heterocycles. The van der Waals surface area contributed by atoms with Crippen LogP contribution in [0.5, 0.6) is 5.75 Å². The Labute approximate surface area is 132 Å². The zero-order valence-corrected chi connectivity index (χ0v) is 12.3. The van der Waals surface area contributed by atoms with E-state index in [0.29, 0.717) is 22.6 Å². The number of nitriles is 1. The van der Waals surface area contributed by atoms with Gasteiger partial charge in [0.05, 0.1) is 29.4 Å². The molecule has 0 fully saturated rings. The molecule has 0 bridgehead atoms. The van der Waals surface area contributed by atoms with Crippen molar-refractivity contribution in [1.82, 2.24) is 4.98 Å². The monoisotopic (exact) mass is 304 g/mol. The third-order valence-electron chi connectivity index (χ3n) is 3.55. The van der Waals surface area contributed by atoms with E-state index >= 15 is 0 Å². The van der Waals surface area contributed by atoms with Gasteiger partial charge in [-0.05, 0) is 36.4 Å². The van der Waals surface area contributed by atoms with E-state index in [1.807, 2.05) is 12.1 Å². The first-order chi connectivity index (χ1) is 11.1. The van der Waals surface area contributed by atoms with E-state index in [-0.39, 0.29) is 5.56 Å². The molecule has 0 saturated heterocycles. The molecule has 0 unspecified atom stereocenters. The van der Waals surface area contributed by atoms with E-state index in [9.17, 15) is 10.1 Å². The highest BCUT2D eigenvalue weighted by Gasteiger charge is 2.11. The summed E-state index contributed by atoms with van der Waals surface area (Å²) in [5.74, 6) is -0.294. The molecular formula is C18H12N2O3. The smallest absolute Gasteiger partial charge is 0.335 e. The molecule has 2 aromatic carbocycles. The second-order valence-electron chi connectivity index (χ2n) is 4.94. The van der Waals surface area contributed by atoms with Crippen molar-refractivity contribution in [2.24, 2.45) is 0 Å². The Morgan fingerprint density at radius 3 is 2.52 bits per heavy atom. The molecule has 23 heavy (non-hydrogen) atoms. The molecule has 5 heteroatoms. The van der Waals surface area contributed by atoms with Gasteiger partial charge in [-0.3, -0.25) is 0 Å². The molecule has 5 nitrogen and oxygen atoms in total. The normalized spacial score (nSPS) is 10.3. The third-order valence-corrected chi connectivity index (χ3v) is 3.55. The van der Waals surface area contributed by atoms with Crippen molar-refractivity contribution in [3.63, 3.8) is 0 Å². The average molecular weight is 304 g/mol. The molecular weight excluding hydrogens is 292 g/mol. The van der Waals surface area contributed by atoms with E-state index in [1.54, 1.807) is 31.4 Å². The molecule has 0 aliphatic rings. The number of pyridine rings is 1. The first kappa shape index (κ1) is 14.5. The third kappa shape index (κ3) is 2.70. The van der Waals surface area contributed by atoms with Crippen molar-refractivity contribution in [3.8, 4) is 23.1 Å². The Morgan fingerprint density at radius 2 is 1.91 bits per heavy atom. The lowest BCUT2D eigenvalue weighted by atomic mass is 10.0. The Morgan fingerprint density at radius 1 is 1.17 bits per heavy atom. The van der Waals surface area contributed by atoms with Gasteiger partial charge >= 0.3 is 5.97 Å². The number of aromatic carboxylic acids is 1. The van der Waals surface area contributed by atoms with E-state index in [0.717, 1.165) is 10.9 Å². The van der Waals surface area contributed by atoms with Gasteiger partial charge in [0.15, 0.2) is 0 Å². The summed E-state index contributed by atoms with van der Waals surface area (Å²) in [4.78, 5) is 15.5. The lowest BCUT2D eigenvalue weighted by molar-refractivity contribution is 0.0697. The maximum absolute atomic E-state index is 10.9. The lowest BCUT2D eigenvalue weighted by Gasteiger charge is -2.08. The highest BCUT2D eigenvalue weighted by Crippen LogP contribution is 2.27. The minimum Gasteiger partial charge on any atom is -0.497 e. The second kappa shape index (κ2) is 5.78. The van der Waals surface area contributed by atoms with Crippen LogP contribution >= 0.6 is 0 Å². The topological polar surface area (TPSA) is 83.2 Å². The minimum absolute atomic E-state index is 0.192. The summed E-state index contributed by atoms with van der Waals surface area (Å²) in [6.45, 7) is 0.